The molecule has 2 amide bonds. The highest BCUT2D eigenvalue weighted by molar-refractivity contribution is 8.12. The van der Waals surface area contributed by atoms with Gasteiger partial charge < -0.3 is 20.6 Å². The highest BCUT2D eigenvalue weighted by atomic mass is 32.2. The molecule has 0 bridgehead atoms. The summed E-state index contributed by atoms with van der Waals surface area (Å²) >= 11 is 1.68. The number of benzene rings is 1. The number of thioether (sulfide) groups is 1. The Hall–Kier alpha value is -1.90. The van der Waals surface area contributed by atoms with Crippen molar-refractivity contribution in [3.63, 3.8) is 0 Å². The number of aliphatic hydroxyl groups excluding tert-OH is 1. The molecule has 1 heterocycles. The van der Waals surface area contributed by atoms with Crippen LogP contribution in [0.2, 0.25) is 0 Å². The van der Waals surface area contributed by atoms with Crippen LogP contribution in [0.25, 0.3) is 0 Å². The van der Waals surface area contributed by atoms with Crippen LogP contribution < -0.4 is 10.6 Å². The van der Waals surface area contributed by atoms with Crippen molar-refractivity contribution in [1.29, 1.82) is 0 Å². The summed E-state index contributed by atoms with van der Waals surface area (Å²) in [5.74, 6) is 0.190. The fourth-order valence-corrected chi connectivity index (χ4v) is 4.98. The molecule has 1 fully saturated rings. The molecule has 1 saturated heterocycles. The van der Waals surface area contributed by atoms with Gasteiger partial charge in [-0.2, -0.15) is 0 Å². The van der Waals surface area contributed by atoms with Gasteiger partial charge in [-0.05, 0) is 49.3 Å². The highest BCUT2D eigenvalue weighted by Gasteiger charge is 2.43. The maximum Gasteiger partial charge on any atom is 0.243 e. The quantitative estimate of drug-likeness (QED) is 0.285. The van der Waals surface area contributed by atoms with Crippen molar-refractivity contribution in [2.24, 2.45) is 16.3 Å². The molecule has 36 heavy (non-hydrogen) atoms. The summed E-state index contributed by atoms with van der Waals surface area (Å²) in [5.41, 5.74) is 3.77. The second-order valence-corrected chi connectivity index (χ2v) is 12.4. The van der Waals surface area contributed by atoms with Crippen LogP contribution in [0, 0.1) is 11.3 Å². The standard InChI is InChI=1S/C28H46N4O3S/c1-8-29-18-36-20(4)22-11-9-21(10-12-22)16-31-26(34)24-15-23(33)17-32(24)27(35)25(28(5,6)7)30-14-13-19(2)3/h9-12,18-20,23-25,30,33H,8,13-17H2,1-7H3,(H,31,34)/b29-18-/t20?,23-,24+,25-/m1/s1. The molecule has 8 heteroatoms. The Morgan fingerprint density at radius 3 is 2.47 bits per heavy atom. The van der Waals surface area contributed by atoms with Crippen LogP contribution in [0.5, 0.6) is 0 Å². The molecule has 7 nitrogen and oxygen atoms in total. The van der Waals surface area contributed by atoms with Gasteiger partial charge in [0.15, 0.2) is 0 Å². The van der Waals surface area contributed by atoms with Gasteiger partial charge in [0.1, 0.15) is 6.04 Å². The molecule has 2 rings (SSSR count). The van der Waals surface area contributed by atoms with E-state index in [1.165, 1.54) is 5.56 Å². The number of likely N-dealkylation sites (tertiary alicyclic amines) is 1. The van der Waals surface area contributed by atoms with Gasteiger partial charge in [0.2, 0.25) is 11.8 Å². The van der Waals surface area contributed by atoms with Crippen LogP contribution in [0.1, 0.15) is 77.7 Å². The van der Waals surface area contributed by atoms with Gasteiger partial charge in [-0.3, -0.25) is 14.6 Å². The maximum atomic E-state index is 13.6. The van der Waals surface area contributed by atoms with E-state index in [1.54, 1.807) is 16.7 Å². The molecule has 1 unspecified atom stereocenters. The van der Waals surface area contributed by atoms with Crippen molar-refractivity contribution in [2.45, 2.75) is 91.3 Å². The largest absolute Gasteiger partial charge is 0.391 e. The predicted molar refractivity (Wildman–Crippen MR) is 150 cm³/mol. The number of β-amino-alcohol motifs (C(OH)–C–C–N with tert-alkyl or cyclic N) is 1. The predicted octanol–water partition coefficient (Wildman–Crippen LogP) is 4.16. The summed E-state index contributed by atoms with van der Waals surface area (Å²) in [5, 5.41) is 17.0. The third-order valence-corrected chi connectivity index (χ3v) is 7.44. The summed E-state index contributed by atoms with van der Waals surface area (Å²) in [6, 6.07) is 7.09. The fraction of sp³-hybridized carbons (Fsp3) is 0.679. The van der Waals surface area contributed by atoms with Gasteiger partial charge >= 0.3 is 0 Å². The monoisotopic (exact) mass is 518 g/mol. The summed E-state index contributed by atoms with van der Waals surface area (Å²) in [6.45, 7) is 16.6. The van der Waals surface area contributed by atoms with Crippen molar-refractivity contribution in [3.8, 4) is 0 Å². The number of amides is 2. The number of carbonyl (C=O) groups is 2. The van der Waals surface area contributed by atoms with Crippen LogP contribution in [-0.4, -0.2) is 65.2 Å². The van der Waals surface area contributed by atoms with E-state index in [4.69, 9.17) is 0 Å². The van der Waals surface area contributed by atoms with E-state index in [9.17, 15) is 14.7 Å². The van der Waals surface area contributed by atoms with E-state index >= 15 is 0 Å². The first-order valence-electron chi connectivity index (χ1n) is 13.2. The summed E-state index contributed by atoms with van der Waals surface area (Å²) in [4.78, 5) is 32.5. The number of nitrogens with zero attached hydrogens (tertiary/aromatic N) is 2. The molecule has 0 spiro atoms. The smallest absolute Gasteiger partial charge is 0.243 e. The lowest BCUT2D eigenvalue weighted by Crippen LogP contribution is -2.56. The lowest BCUT2D eigenvalue weighted by Gasteiger charge is -2.35. The van der Waals surface area contributed by atoms with E-state index < -0.39 is 18.2 Å². The zero-order chi connectivity index (χ0) is 26.9. The molecule has 0 saturated carbocycles. The third kappa shape index (κ3) is 9.20. The second-order valence-electron chi connectivity index (χ2n) is 11.2. The Morgan fingerprint density at radius 1 is 1.22 bits per heavy atom. The first-order chi connectivity index (χ1) is 16.9. The van der Waals surface area contributed by atoms with Gasteiger partial charge in [0.05, 0.1) is 17.7 Å². The number of hydrogen-bond donors (Lipinski definition) is 3. The van der Waals surface area contributed by atoms with Crippen LogP contribution in [0.4, 0.5) is 0 Å². The van der Waals surface area contributed by atoms with E-state index in [-0.39, 0.29) is 30.2 Å². The molecule has 0 aromatic heterocycles. The minimum atomic E-state index is -0.699. The zero-order valence-electron chi connectivity index (χ0n) is 23.1. The first kappa shape index (κ1) is 30.3. The number of hydrogen-bond acceptors (Lipinski definition) is 6. The topological polar surface area (TPSA) is 94.0 Å². The minimum absolute atomic E-state index is 0.120. The fourth-order valence-electron chi connectivity index (χ4n) is 4.25. The van der Waals surface area contributed by atoms with Crippen molar-refractivity contribution < 1.29 is 14.7 Å². The molecule has 0 radical (unpaired) electrons. The Labute approximate surface area is 221 Å². The molecule has 1 aliphatic heterocycles. The summed E-state index contributed by atoms with van der Waals surface area (Å²) in [7, 11) is 0. The maximum absolute atomic E-state index is 13.6. The Kier molecular flexibility index (Phi) is 11.9. The SMILES string of the molecule is CC/N=C\SC(C)c1ccc(CNC(=O)[C@@H]2C[C@@H](O)CN2C(=O)[C@@H](NCCC(C)C)C(C)(C)C)cc1. The van der Waals surface area contributed by atoms with Gasteiger partial charge in [-0.15, -0.1) is 11.8 Å². The molecule has 4 atom stereocenters. The third-order valence-electron chi connectivity index (χ3n) is 6.49. The second kappa shape index (κ2) is 14.1. The molecule has 3 N–H and O–H groups in total. The van der Waals surface area contributed by atoms with Crippen LogP contribution in [0.15, 0.2) is 29.3 Å². The van der Waals surface area contributed by atoms with Crippen molar-refractivity contribution >= 4 is 29.1 Å². The summed E-state index contributed by atoms with van der Waals surface area (Å²) < 4.78 is 0. The van der Waals surface area contributed by atoms with Crippen LogP contribution in [0.3, 0.4) is 0 Å². The molecule has 1 aromatic carbocycles. The van der Waals surface area contributed by atoms with E-state index in [0.717, 1.165) is 25.1 Å². The minimum Gasteiger partial charge on any atom is -0.391 e. The van der Waals surface area contributed by atoms with E-state index in [2.05, 4.69) is 48.5 Å². The Morgan fingerprint density at radius 2 is 1.89 bits per heavy atom. The lowest BCUT2D eigenvalue weighted by atomic mass is 9.85. The summed E-state index contributed by atoms with van der Waals surface area (Å²) in [6.07, 6.45) is 0.526. The lowest BCUT2D eigenvalue weighted by molar-refractivity contribution is -0.142. The first-order valence-corrected chi connectivity index (χ1v) is 14.1. The number of aliphatic imine (C=N–C) groups is 1. The molecule has 1 aliphatic rings. The number of rotatable bonds is 12. The molecule has 0 aliphatic carbocycles. The molecule has 1 aromatic rings. The van der Waals surface area contributed by atoms with Crippen molar-refractivity contribution in [3.05, 3.63) is 35.4 Å². The normalized spacial score (nSPS) is 20.2. The molecular weight excluding hydrogens is 472 g/mol. The number of aliphatic hydroxyl groups is 1. The van der Waals surface area contributed by atoms with Gasteiger partial charge in [-0.25, -0.2) is 0 Å². The molecule has 202 valence electrons. The Bertz CT molecular complexity index is 867. The average Bonchev–Trinajstić information content (AvgIpc) is 3.21. The van der Waals surface area contributed by atoms with Crippen LogP contribution >= 0.6 is 11.8 Å². The van der Waals surface area contributed by atoms with Crippen molar-refractivity contribution in [2.75, 3.05) is 19.6 Å². The van der Waals surface area contributed by atoms with Gasteiger partial charge in [0, 0.05) is 31.3 Å². The van der Waals surface area contributed by atoms with Crippen LogP contribution in [-0.2, 0) is 16.1 Å². The van der Waals surface area contributed by atoms with E-state index in [0.29, 0.717) is 17.7 Å². The van der Waals surface area contributed by atoms with Crippen molar-refractivity contribution in [1.82, 2.24) is 15.5 Å². The number of carbonyl (C=O) groups excluding carboxylic acids is 2. The zero-order valence-corrected chi connectivity index (χ0v) is 23.9. The van der Waals surface area contributed by atoms with Gasteiger partial charge in [0.25, 0.3) is 0 Å². The highest BCUT2D eigenvalue weighted by Crippen LogP contribution is 2.28. The average molecular weight is 519 g/mol. The van der Waals surface area contributed by atoms with Gasteiger partial charge in [-0.1, -0.05) is 58.9 Å². The Balaban J connectivity index is 2.01. The molecular formula is C28H46N4O3S. The number of nitrogens with one attached hydrogen (secondary N) is 2. The van der Waals surface area contributed by atoms with E-state index in [1.807, 2.05) is 45.4 Å².